The smallest absolute Gasteiger partial charge is 0.306 e. The highest BCUT2D eigenvalue weighted by molar-refractivity contribution is 5.70. The summed E-state index contributed by atoms with van der Waals surface area (Å²) in [4.78, 5) is 25.2. The normalized spacial score (nSPS) is 12.5. The van der Waals surface area contributed by atoms with Gasteiger partial charge in [0.25, 0.3) is 0 Å². The molecule has 0 N–H and O–H groups in total. The van der Waals surface area contributed by atoms with Gasteiger partial charge in [-0.25, -0.2) is 0 Å². The number of ether oxygens (including phenoxy) is 3. The summed E-state index contributed by atoms with van der Waals surface area (Å²) >= 11 is 0. The van der Waals surface area contributed by atoms with Crippen LogP contribution in [0.3, 0.4) is 0 Å². The number of carbonyl (C=O) groups excluding carboxylic acids is 2. The first-order valence-corrected chi connectivity index (χ1v) is 25.2. The van der Waals surface area contributed by atoms with Gasteiger partial charge in [-0.15, -0.1) is 0 Å². The van der Waals surface area contributed by atoms with Crippen LogP contribution in [-0.4, -0.2) is 37.9 Å². The summed E-state index contributed by atoms with van der Waals surface area (Å²) in [5.74, 6) is -0.408. The summed E-state index contributed by atoms with van der Waals surface area (Å²) in [6.07, 6.45) is 59.7. The number of rotatable bonds is 46. The summed E-state index contributed by atoms with van der Waals surface area (Å²) < 4.78 is 17.3. The second-order valence-electron chi connectivity index (χ2n) is 16.7. The monoisotopic (exact) mass is 813 g/mol. The molecule has 0 heterocycles. The van der Waals surface area contributed by atoms with Crippen LogP contribution >= 0.6 is 0 Å². The molecule has 0 aromatic rings. The molecular formula is C53H96O5. The average Bonchev–Trinajstić information content (AvgIpc) is 3.22. The molecule has 0 aromatic carbocycles. The van der Waals surface area contributed by atoms with Gasteiger partial charge in [0, 0.05) is 19.4 Å². The topological polar surface area (TPSA) is 61.8 Å². The molecule has 0 rings (SSSR count). The molecule has 5 nitrogen and oxygen atoms in total. The van der Waals surface area contributed by atoms with Crippen molar-refractivity contribution in [3.05, 3.63) is 48.6 Å². The van der Waals surface area contributed by atoms with E-state index in [-0.39, 0.29) is 25.2 Å². The van der Waals surface area contributed by atoms with Gasteiger partial charge >= 0.3 is 11.9 Å². The molecular weight excluding hydrogens is 717 g/mol. The Hall–Kier alpha value is -2.14. The summed E-state index contributed by atoms with van der Waals surface area (Å²) in [6, 6.07) is 0. The van der Waals surface area contributed by atoms with Crippen LogP contribution in [-0.2, 0) is 23.8 Å². The Balaban J connectivity index is 4.19. The number of unbranched alkanes of at least 4 members (excludes halogenated alkanes) is 27. The number of hydrogen-bond acceptors (Lipinski definition) is 5. The number of carbonyl (C=O) groups is 2. The fourth-order valence-electron chi connectivity index (χ4n) is 7.04. The summed E-state index contributed by atoms with van der Waals surface area (Å²) in [7, 11) is 0. The Morgan fingerprint density at radius 3 is 1.22 bits per heavy atom. The lowest BCUT2D eigenvalue weighted by Gasteiger charge is -2.18. The summed E-state index contributed by atoms with van der Waals surface area (Å²) in [5, 5.41) is 0. The lowest BCUT2D eigenvalue weighted by molar-refractivity contribution is -0.163. The number of hydrogen-bond donors (Lipinski definition) is 0. The average molecular weight is 813 g/mol. The second-order valence-corrected chi connectivity index (χ2v) is 16.7. The molecule has 0 fully saturated rings. The lowest BCUT2D eigenvalue weighted by atomic mass is 10.1. The van der Waals surface area contributed by atoms with Crippen molar-refractivity contribution in [2.75, 3.05) is 19.8 Å². The van der Waals surface area contributed by atoms with E-state index in [4.69, 9.17) is 14.2 Å². The van der Waals surface area contributed by atoms with Crippen LogP contribution < -0.4 is 0 Å². The maximum atomic E-state index is 12.7. The van der Waals surface area contributed by atoms with E-state index in [1.54, 1.807) is 0 Å². The van der Waals surface area contributed by atoms with E-state index >= 15 is 0 Å². The van der Waals surface area contributed by atoms with Crippen molar-refractivity contribution in [2.45, 2.75) is 258 Å². The molecule has 0 amide bonds. The maximum absolute atomic E-state index is 12.7. The molecule has 1 unspecified atom stereocenters. The molecule has 5 heteroatoms. The largest absolute Gasteiger partial charge is 0.462 e. The van der Waals surface area contributed by atoms with Crippen LogP contribution in [0.1, 0.15) is 252 Å². The van der Waals surface area contributed by atoms with Gasteiger partial charge in [-0.05, 0) is 83.5 Å². The van der Waals surface area contributed by atoms with Gasteiger partial charge in [-0.3, -0.25) is 9.59 Å². The van der Waals surface area contributed by atoms with Crippen LogP contribution in [0.25, 0.3) is 0 Å². The van der Waals surface area contributed by atoms with Crippen LogP contribution in [0.4, 0.5) is 0 Å². The fourth-order valence-corrected chi connectivity index (χ4v) is 7.04. The molecule has 0 saturated carbocycles. The SMILES string of the molecule is CCCCC/C=C\C/C=C\C/C=C\CCCCCCCCCOCC(COC(=O)CCCCCCC/C=C\CCCCCC)OC(=O)CCCCCCCCCCC. The van der Waals surface area contributed by atoms with Crippen molar-refractivity contribution < 1.29 is 23.8 Å². The van der Waals surface area contributed by atoms with Gasteiger partial charge in [0.1, 0.15) is 6.61 Å². The Labute approximate surface area is 361 Å². The lowest BCUT2D eigenvalue weighted by Crippen LogP contribution is -2.30. The van der Waals surface area contributed by atoms with Gasteiger partial charge in [0.2, 0.25) is 0 Å². The number of allylic oxidation sites excluding steroid dienone is 8. The molecule has 0 bridgehead atoms. The van der Waals surface area contributed by atoms with Gasteiger partial charge in [0.05, 0.1) is 6.61 Å². The fraction of sp³-hybridized carbons (Fsp3) is 0.811. The van der Waals surface area contributed by atoms with Crippen molar-refractivity contribution in [2.24, 2.45) is 0 Å². The zero-order valence-corrected chi connectivity index (χ0v) is 38.8. The first kappa shape index (κ1) is 55.9. The highest BCUT2D eigenvalue weighted by Crippen LogP contribution is 2.14. The van der Waals surface area contributed by atoms with Crippen molar-refractivity contribution in [3.63, 3.8) is 0 Å². The van der Waals surface area contributed by atoms with E-state index in [0.717, 1.165) is 64.2 Å². The van der Waals surface area contributed by atoms with Crippen molar-refractivity contribution >= 4 is 11.9 Å². The quantitative estimate of drug-likeness (QED) is 0.0348. The Morgan fingerprint density at radius 2 is 0.724 bits per heavy atom. The standard InChI is InChI=1S/C53H96O5/c1-4-7-10-13-16-19-21-23-24-25-26-27-28-29-31-33-36-39-42-45-48-56-49-51(58-53(55)47-44-41-38-34-18-15-12-9-6-3)50-57-52(54)46-43-40-37-35-32-30-22-20-17-14-11-8-5-2/h16,19-20,22-24,26-27,51H,4-15,17-18,21,25,28-50H2,1-3H3/b19-16-,22-20-,24-23-,27-26-. The van der Waals surface area contributed by atoms with Crippen molar-refractivity contribution in [1.82, 2.24) is 0 Å². The van der Waals surface area contributed by atoms with E-state index in [1.165, 1.54) is 154 Å². The van der Waals surface area contributed by atoms with Crippen LogP contribution in [0.15, 0.2) is 48.6 Å². The second kappa shape index (κ2) is 49.2. The van der Waals surface area contributed by atoms with E-state index < -0.39 is 6.10 Å². The first-order chi connectivity index (χ1) is 28.6. The summed E-state index contributed by atoms with van der Waals surface area (Å²) in [5.41, 5.74) is 0. The van der Waals surface area contributed by atoms with Gasteiger partial charge in [-0.1, -0.05) is 204 Å². The third kappa shape index (κ3) is 46.5. The van der Waals surface area contributed by atoms with Crippen molar-refractivity contribution in [1.29, 1.82) is 0 Å². The zero-order valence-electron chi connectivity index (χ0n) is 38.8. The molecule has 0 aliphatic carbocycles. The third-order valence-corrected chi connectivity index (χ3v) is 10.8. The molecule has 0 saturated heterocycles. The first-order valence-electron chi connectivity index (χ1n) is 25.2. The van der Waals surface area contributed by atoms with Gasteiger partial charge in [0.15, 0.2) is 6.10 Å². The molecule has 338 valence electrons. The zero-order chi connectivity index (χ0) is 42.1. The third-order valence-electron chi connectivity index (χ3n) is 10.8. The molecule has 1 atom stereocenters. The molecule has 0 aliphatic rings. The highest BCUT2D eigenvalue weighted by atomic mass is 16.6. The summed E-state index contributed by atoms with van der Waals surface area (Å²) in [6.45, 7) is 7.76. The molecule has 0 radical (unpaired) electrons. The molecule has 0 spiro atoms. The van der Waals surface area contributed by atoms with Gasteiger partial charge < -0.3 is 14.2 Å². The van der Waals surface area contributed by atoms with E-state index in [1.807, 2.05) is 0 Å². The Kier molecular flexibility index (Phi) is 47.4. The maximum Gasteiger partial charge on any atom is 0.306 e. The van der Waals surface area contributed by atoms with E-state index in [2.05, 4.69) is 69.4 Å². The molecule has 58 heavy (non-hydrogen) atoms. The highest BCUT2D eigenvalue weighted by Gasteiger charge is 2.17. The number of esters is 2. The van der Waals surface area contributed by atoms with E-state index in [0.29, 0.717) is 19.4 Å². The minimum atomic E-state index is -0.540. The predicted octanol–water partition coefficient (Wildman–Crippen LogP) is 16.8. The van der Waals surface area contributed by atoms with Crippen LogP contribution in [0.5, 0.6) is 0 Å². The Morgan fingerprint density at radius 1 is 0.379 bits per heavy atom. The van der Waals surface area contributed by atoms with Crippen molar-refractivity contribution in [3.8, 4) is 0 Å². The Bertz CT molecular complexity index is 966. The molecule has 0 aromatic heterocycles. The van der Waals surface area contributed by atoms with E-state index in [9.17, 15) is 9.59 Å². The predicted molar refractivity (Wildman–Crippen MR) is 251 cm³/mol. The van der Waals surface area contributed by atoms with Crippen LogP contribution in [0, 0.1) is 0 Å². The van der Waals surface area contributed by atoms with Crippen LogP contribution in [0.2, 0.25) is 0 Å². The minimum Gasteiger partial charge on any atom is -0.462 e. The minimum absolute atomic E-state index is 0.0792. The van der Waals surface area contributed by atoms with Gasteiger partial charge in [-0.2, -0.15) is 0 Å². The molecule has 0 aliphatic heterocycles.